The van der Waals surface area contributed by atoms with E-state index in [1.54, 1.807) is 6.20 Å². The SMILES string of the molecule is Cc1ccc([C@@H](C)NC(=O)CN2CCC(OCc3cccnc3)CC2)cc1. The molecule has 0 spiro atoms. The van der Waals surface area contributed by atoms with Gasteiger partial charge in [-0.05, 0) is 43.9 Å². The van der Waals surface area contributed by atoms with Crippen molar-refractivity contribution in [1.82, 2.24) is 15.2 Å². The molecule has 0 unspecified atom stereocenters. The first-order valence-electron chi connectivity index (χ1n) is 9.69. The normalized spacial score (nSPS) is 16.8. The smallest absolute Gasteiger partial charge is 0.234 e. The van der Waals surface area contributed by atoms with E-state index in [9.17, 15) is 4.79 Å². The molecule has 144 valence electrons. The summed E-state index contributed by atoms with van der Waals surface area (Å²) in [5.41, 5.74) is 3.46. The molecule has 1 N–H and O–H groups in total. The highest BCUT2D eigenvalue weighted by molar-refractivity contribution is 5.78. The van der Waals surface area contributed by atoms with Gasteiger partial charge in [0.05, 0.1) is 25.3 Å². The Hall–Kier alpha value is -2.24. The zero-order chi connectivity index (χ0) is 19.1. The molecule has 1 atom stereocenters. The summed E-state index contributed by atoms with van der Waals surface area (Å²) < 4.78 is 5.99. The molecule has 0 radical (unpaired) electrons. The number of hydrogen-bond acceptors (Lipinski definition) is 4. The van der Waals surface area contributed by atoms with Crippen molar-refractivity contribution >= 4 is 5.91 Å². The first kappa shape index (κ1) is 19.5. The Labute approximate surface area is 161 Å². The number of ether oxygens (including phenoxy) is 1. The van der Waals surface area contributed by atoms with Crippen LogP contribution in [0.15, 0.2) is 48.8 Å². The lowest BCUT2D eigenvalue weighted by molar-refractivity contribution is -0.123. The Morgan fingerprint density at radius 2 is 2.00 bits per heavy atom. The Bertz CT molecular complexity index is 710. The lowest BCUT2D eigenvalue weighted by atomic mass is 10.1. The van der Waals surface area contributed by atoms with Crippen LogP contribution in [0.1, 0.15) is 42.5 Å². The third-order valence-corrected chi connectivity index (χ3v) is 5.07. The summed E-state index contributed by atoms with van der Waals surface area (Å²) >= 11 is 0. The van der Waals surface area contributed by atoms with E-state index in [0.717, 1.165) is 37.1 Å². The van der Waals surface area contributed by atoms with Crippen LogP contribution in [0.25, 0.3) is 0 Å². The summed E-state index contributed by atoms with van der Waals surface area (Å²) in [6.45, 7) is 6.94. The Kier molecular flexibility index (Phi) is 6.96. The summed E-state index contributed by atoms with van der Waals surface area (Å²) in [7, 11) is 0. The molecule has 5 nitrogen and oxygen atoms in total. The van der Waals surface area contributed by atoms with Gasteiger partial charge in [-0.2, -0.15) is 0 Å². The maximum absolute atomic E-state index is 12.4. The van der Waals surface area contributed by atoms with Gasteiger partial charge in [0.15, 0.2) is 0 Å². The van der Waals surface area contributed by atoms with E-state index >= 15 is 0 Å². The van der Waals surface area contributed by atoms with Crippen molar-refractivity contribution in [3.05, 3.63) is 65.5 Å². The van der Waals surface area contributed by atoms with Crippen LogP contribution in [-0.2, 0) is 16.1 Å². The second kappa shape index (κ2) is 9.62. The summed E-state index contributed by atoms with van der Waals surface area (Å²) in [5, 5.41) is 3.10. The fraction of sp³-hybridized carbons (Fsp3) is 0.455. The number of nitrogens with one attached hydrogen (secondary N) is 1. The van der Waals surface area contributed by atoms with Gasteiger partial charge in [-0.1, -0.05) is 35.9 Å². The van der Waals surface area contributed by atoms with Gasteiger partial charge in [0.1, 0.15) is 0 Å². The van der Waals surface area contributed by atoms with Gasteiger partial charge in [0.2, 0.25) is 5.91 Å². The van der Waals surface area contributed by atoms with E-state index in [0.29, 0.717) is 13.2 Å². The Morgan fingerprint density at radius 1 is 1.26 bits per heavy atom. The van der Waals surface area contributed by atoms with Crippen LogP contribution in [-0.4, -0.2) is 41.5 Å². The van der Waals surface area contributed by atoms with Gasteiger partial charge < -0.3 is 10.1 Å². The number of nitrogens with zero attached hydrogens (tertiary/aromatic N) is 2. The van der Waals surface area contributed by atoms with Crippen LogP contribution in [0.5, 0.6) is 0 Å². The zero-order valence-electron chi connectivity index (χ0n) is 16.2. The number of aryl methyl sites for hydroxylation is 1. The van der Waals surface area contributed by atoms with Crippen molar-refractivity contribution < 1.29 is 9.53 Å². The fourth-order valence-electron chi connectivity index (χ4n) is 3.36. The van der Waals surface area contributed by atoms with Crippen LogP contribution in [0.2, 0.25) is 0 Å². The monoisotopic (exact) mass is 367 g/mol. The number of carbonyl (C=O) groups is 1. The lowest BCUT2D eigenvalue weighted by Crippen LogP contribution is -2.43. The molecule has 1 saturated heterocycles. The van der Waals surface area contributed by atoms with Crippen molar-refractivity contribution in [2.24, 2.45) is 0 Å². The maximum atomic E-state index is 12.4. The molecule has 1 aromatic carbocycles. The predicted octanol–water partition coefficient (Wildman–Crippen LogP) is 3.25. The molecular formula is C22H29N3O2. The minimum atomic E-state index is 0.0263. The number of carbonyl (C=O) groups excluding carboxylic acids is 1. The van der Waals surface area contributed by atoms with E-state index in [1.807, 2.05) is 25.3 Å². The molecule has 0 bridgehead atoms. The molecule has 3 rings (SSSR count). The first-order chi connectivity index (χ1) is 13.1. The van der Waals surface area contributed by atoms with Gasteiger partial charge >= 0.3 is 0 Å². The highest BCUT2D eigenvalue weighted by Crippen LogP contribution is 2.16. The number of rotatable bonds is 7. The molecule has 2 aromatic rings. The van der Waals surface area contributed by atoms with Gasteiger partial charge in [0, 0.05) is 25.5 Å². The van der Waals surface area contributed by atoms with Crippen LogP contribution >= 0.6 is 0 Å². The predicted molar refractivity (Wildman–Crippen MR) is 106 cm³/mol. The lowest BCUT2D eigenvalue weighted by Gasteiger charge is -2.31. The molecule has 1 aromatic heterocycles. The van der Waals surface area contributed by atoms with E-state index in [2.05, 4.69) is 46.4 Å². The van der Waals surface area contributed by atoms with Crippen LogP contribution in [0.4, 0.5) is 0 Å². The highest BCUT2D eigenvalue weighted by Gasteiger charge is 2.22. The maximum Gasteiger partial charge on any atom is 0.234 e. The molecule has 1 fully saturated rings. The van der Waals surface area contributed by atoms with Crippen LogP contribution in [0, 0.1) is 6.92 Å². The van der Waals surface area contributed by atoms with Gasteiger partial charge in [-0.3, -0.25) is 14.7 Å². The Morgan fingerprint density at radius 3 is 2.67 bits per heavy atom. The standard InChI is InChI=1S/C22H29N3O2/c1-17-5-7-20(8-6-17)18(2)24-22(26)15-25-12-9-21(10-13-25)27-16-19-4-3-11-23-14-19/h3-8,11,14,18,21H,9-10,12-13,15-16H2,1-2H3,(H,24,26)/t18-/m1/s1. The van der Waals surface area contributed by atoms with E-state index in [4.69, 9.17) is 4.74 Å². The zero-order valence-corrected chi connectivity index (χ0v) is 16.2. The largest absolute Gasteiger partial charge is 0.373 e. The Balaban J connectivity index is 1.37. The molecule has 0 aliphatic carbocycles. The van der Waals surface area contributed by atoms with Crippen molar-refractivity contribution in [3.8, 4) is 0 Å². The molecule has 0 saturated carbocycles. The number of amides is 1. The third kappa shape index (κ3) is 6.15. The molecule has 1 aliphatic rings. The second-order valence-electron chi connectivity index (χ2n) is 7.35. The molecule has 27 heavy (non-hydrogen) atoms. The minimum Gasteiger partial charge on any atom is -0.373 e. The average molecular weight is 367 g/mol. The van der Waals surface area contributed by atoms with Crippen molar-refractivity contribution in [3.63, 3.8) is 0 Å². The van der Waals surface area contributed by atoms with Crippen LogP contribution in [0.3, 0.4) is 0 Å². The summed E-state index contributed by atoms with van der Waals surface area (Å²) in [5.74, 6) is 0.0813. The fourth-order valence-corrected chi connectivity index (χ4v) is 3.36. The summed E-state index contributed by atoms with van der Waals surface area (Å²) in [6.07, 6.45) is 5.79. The number of likely N-dealkylation sites (tertiary alicyclic amines) is 1. The molecule has 1 amide bonds. The number of aromatic nitrogens is 1. The minimum absolute atomic E-state index is 0.0263. The quantitative estimate of drug-likeness (QED) is 0.816. The van der Waals surface area contributed by atoms with Gasteiger partial charge in [-0.15, -0.1) is 0 Å². The molecule has 5 heteroatoms. The summed E-state index contributed by atoms with van der Waals surface area (Å²) in [4.78, 5) is 18.7. The topological polar surface area (TPSA) is 54.5 Å². The van der Waals surface area contributed by atoms with Gasteiger partial charge in [-0.25, -0.2) is 0 Å². The first-order valence-corrected chi connectivity index (χ1v) is 9.69. The number of benzene rings is 1. The number of hydrogen-bond donors (Lipinski definition) is 1. The van der Waals surface area contributed by atoms with Crippen molar-refractivity contribution in [2.75, 3.05) is 19.6 Å². The molecular weight excluding hydrogens is 338 g/mol. The average Bonchev–Trinajstić information content (AvgIpc) is 2.68. The van der Waals surface area contributed by atoms with Gasteiger partial charge in [0.25, 0.3) is 0 Å². The summed E-state index contributed by atoms with van der Waals surface area (Å²) in [6, 6.07) is 12.3. The highest BCUT2D eigenvalue weighted by atomic mass is 16.5. The second-order valence-corrected chi connectivity index (χ2v) is 7.35. The number of piperidine rings is 1. The molecule has 1 aliphatic heterocycles. The van der Waals surface area contributed by atoms with E-state index < -0.39 is 0 Å². The van der Waals surface area contributed by atoms with Crippen molar-refractivity contribution in [2.45, 2.75) is 45.4 Å². The van der Waals surface area contributed by atoms with E-state index in [1.165, 1.54) is 5.56 Å². The van der Waals surface area contributed by atoms with E-state index in [-0.39, 0.29) is 18.1 Å². The van der Waals surface area contributed by atoms with Crippen molar-refractivity contribution in [1.29, 1.82) is 0 Å². The third-order valence-electron chi connectivity index (χ3n) is 5.07. The molecule has 2 heterocycles. The van der Waals surface area contributed by atoms with Crippen LogP contribution < -0.4 is 5.32 Å². The number of pyridine rings is 1.